The van der Waals surface area contributed by atoms with Gasteiger partial charge in [-0.2, -0.15) is 0 Å². The van der Waals surface area contributed by atoms with Gasteiger partial charge < -0.3 is 5.32 Å². The molecular formula is C17H19N3O4S. The van der Waals surface area contributed by atoms with Crippen LogP contribution in [0.4, 0.5) is 11.4 Å². The van der Waals surface area contributed by atoms with Crippen LogP contribution in [0.1, 0.15) is 18.4 Å². The van der Waals surface area contributed by atoms with Crippen LogP contribution in [0.5, 0.6) is 0 Å². The third-order valence-corrected chi connectivity index (χ3v) is 5.78. The maximum atomic E-state index is 12.4. The Kier molecular flexibility index (Phi) is 5.00. The van der Waals surface area contributed by atoms with Crippen LogP contribution in [0.25, 0.3) is 0 Å². The molecule has 0 fully saturated rings. The number of nitrogens with one attached hydrogen (secondary N) is 2. The largest absolute Gasteiger partial charge is 0.382 e. The van der Waals surface area contributed by atoms with E-state index < -0.39 is 20.6 Å². The van der Waals surface area contributed by atoms with Crippen LogP contribution in [-0.2, 0) is 16.4 Å². The van der Waals surface area contributed by atoms with Gasteiger partial charge in [0.2, 0.25) is 10.0 Å². The van der Waals surface area contributed by atoms with Gasteiger partial charge in [-0.25, -0.2) is 13.1 Å². The number of nitro benzene ring substituents is 1. The Balaban J connectivity index is 1.62. The van der Waals surface area contributed by atoms with E-state index >= 15 is 0 Å². The number of fused-ring (bicyclic) bond motifs is 1. The molecule has 2 aromatic carbocycles. The highest BCUT2D eigenvalue weighted by Crippen LogP contribution is 2.26. The molecule has 2 N–H and O–H groups in total. The van der Waals surface area contributed by atoms with Crippen LogP contribution in [0.15, 0.2) is 53.4 Å². The SMILES string of the molecule is O=[N+]([O-])c1ccccc1S(=O)(=O)NCCC1CCc2ccccc2N1. The maximum Gasteiger partial charge on any atom is 0.289 e. The Morgan fingerprint density at radius 1 is 1.16 bits per heavy atom. The Morgan fingerprint density at radius 2 is 1.88 bits per heavy atom. The van der Waals surface area contributed by atoms with Crippen molar-refractivity contribution in [1.29, 1.82) is 0 Å². The van der Waals surface area contributed by atoms with Gasteiger partial charge >= 0.3 is 0 Å². The summed E-state index contributed by atoms with van der Waals surface area (Å²) in [4.78, 5) is 10.0. The highest BCUT2D eigenvalue weighted by molar-refractivity contribution is 7.89. The quantitative estimate of drug-likeness (QED) is 0.608. The fourth-order valence-corrected chi connectivity index (χ4v) is 4.22. The molecular weight excluding hydrogens is 342 g/mol. The Bertz CT molecular complexity index is 883. The number of nitro groups is 1. The average Bonchev–Trinajstić information content (AvgIpc) is 2.61. The van der Waals surface area contributed by atoms with Gasteiger partial charge in [0.25, 0.3) is 5.69 Å². The lowest BCUT2D eigenvalue weighted by atomic mass is 9.96. The minimum atomic E-state index is -3.92. The minimum Gasteiger partial charge on any atom is -0.382 e. The first-order chi connectivity index (χ1) is 12.0. The molecule has 7 nitrogen and oxygen atoms in total. The van der Waals surface area contributed by atoms with E-state index in [4.69, 9.17) is 0 Å². The van der Waals surface area contributed by atoms with Crippen molar-refractivity contribution < 1.29 is 13.3 Å². The predicted molar refractivity (Wildman–Crippen MR) is 95.1 cm³/mol. The van der Waals surface area contributed by atoms with Gasteiger partial charge in [-0.1, -0.05) is 30.3 Å². The molecule has 1 aliphatic rings. The molecule has 3 rings (SSSR count). The molecule has 25 heavy (non-hydrogen) atoms. The second kappa shape index (κ2) is 7.20. The highest BCUT2D eigenvalue weighted by Gasteiger charge is 2.25. The first-order valence-corrected chi connectivity index (χ1v) is 9.53. The van der Waals surface area contributed by atoms with Gasteiger partial charge in [-0.05, 0) is 37.0 Å². The van der Waals surface area contributed by atoms with E-state index in [0.29, 0.717) is 6.42 Å². The van der Waals surface area contributed by atoms with E-state index in [-0.39, 0.29) is 17.5 Å². The zero-order valence-electron chi connectivity index (χ0n) is 13.5. The van der Waals surface area contributed by atoms with E-state index in [2.05, 4.69) is 16.1 Å². The van der Waals surface area contributed by atoms with Crippen LogP contribution in [0.3, 0.4) is 0 Å². The number of rotatable bonds is 6. The normalized spacial score (nSPS) is 16.7. The molecule has 0 aliphatic carbocycles. The summed E-state index contributed by atoms with van der Waals surface area (Å²) >= 11 is 0. The van der Waals surface area contributed by atoms with Crippen LogP contribution in [0, 0.1) is 10.1 Å². The summed E-state index contributed by atoms with van der Waals surface area (Å²) in [6.45, 7) is 0.216. The molecule has 1 heterocycles. The maximum absolute atomic E-state index is 12.4. The van der Waals surface area contributed by atoms with Crippen molar-refractivity contribution in [3.05, 3.63) is 64.2 Å². The molecule has 0 bridgehead atoms. The molecule has 8 heteroatoms. The number of sulfonamides is 1. The summed E-state index contributed by atoms with van der Waals surface area (Å²) in [6.07, 6.45) is 2.48. The molecule has 132 valence electrons. The molecule has 1 atom stereocenters. The molecule has 0 amide bonds. The second-order valence-electron chi connectivity index (χ2n) is 5.95. The van der Waals surface area contributed by atoms with E-state index in [1.807, 2.05) is 18.2 Å². The third-order valence-electron chi connectivity index (χ3n) is 4.28. The van der Waals surface area contributed by atoms with E-state index in [0.717, 1.165) is 18.5 Å². The smallest absolute Gasteiger partial charge is 0.289 e. The number of nitrogens with zero attached hydrogens (tertiary/aromatic N) is 1. The van der Waals surface area contributed by atoms with Crippen LogP contribution in [-0.4, -0.2) is 25.9 Å². The van der Waals surface area contributed by atoms with E-state index in [1.54, 1.807) is 0 Å². The topological polar surface area (TPSA) is 101 Å². The molecule has 1 aliphatic heterocycles. The van der Waals surface area contributed by atoms with Gasteiger partial charge in [-0.3, -0.25) is 10.1 Å². The molecule has 1 unspecified atom stereocenters. The second-order valence-corrected chi connectivity index (χ2v) is 7.68. The molecule has 0 aromatic heterocycles. The van der Waals surface area contributed by atoms with Crippen molar-refractivity contribution in [3.63, 3.8) is 0 Å². The molecule has 0 saturated carbocycles. The molecule has 2 aromatic rings. The van der Waals surface area contributed by atoms with E-state index in [9.17, 15) is 18.5 Å². The molecule has 0 radical (unpaired) electrons. The van der Waals surface area contributed by atoms with E-state index in [1.165, 1.54) is 29.8 Å². The minimum absolute atomic E-state index is 0.170. The first kappa shape index (κ1) is 17.4. The standard InChI is InChI=1S/C17H19N3O4S/c21-20(22)16-7-3-4-8-17(16)25(23,24)18-12-11-14-10-9-13-5-1-2-6-15(13)19-14/h1-8,14,18-19H,9-12H2. The number of aryl methyl sites for hydroxylation is 1. The zero-order valence-corrected chi connectivity index (χ0v) is 14.3. The van der Waals surface area contributed by atoms with Crippen molar-refractivity contribution >= 4 is 21.4 Å². The number of benzene rings is 2. The predicted octanol–water partition coefficient (Wildman–Crippen LogP) is 2.69. The van der Waals surface area contributed by atoms with Crippen LogP contribution >= 0.6 is 0 Å². The van der Waals surface area contributed by atoms with Crippen molar-refractivity contribution in [3.8, 4) is 0 Å². The van der Waals surface area contributed by atoms with Gasteiger partial charge in [0, 0.05) is 24.3 Å². The number of anilines is 1. The van der Waals surface area contributed by atoms with Gasteiger partial charge in [0.15, 0.2) is 4.90 Å². The highest BCUT2D eigenvalue weighted by atomic mass is 32.2. The third kappa shape index (κ3) is 3.97. The lowest BCUT2D eigenvalue weighted by Crippen LogP contribution is -2.32. The van der Waals surface area contributed by atoms with Crippen molar-refractivity contribution in [2.75, 3.05) is 11.9 Å². The lowest BCUT2D eigenvalue weighted by Gasteiger charge is -2.27. The molecule has 0 saturated heterocycles. The summed E-state index contributed by atoms with van der Waals surface area (Å²) < 4.78 is 27.2. The number of hydrogen-bond donors (Lipinski definition) is 2. The fourth-order valence-electron chi connectivity index (χ4n) is 3.00. The number of para-hydroxylation sites is 2. The summed E-state index contributed by atoms with van der Waals surface area (Å²) in [7, 11) is -3.92. The van der Waals surface area contributed by atoms with Gasteiger partial charge in [-0.15, -0.1) is 0 Å². The molecule has 0 spiro atoms. The van der Waals surface area contributed by atoms with Crippen molar-refractivity contribution in [2.45, 2.75) is 30.2 Å². The van der Waals surface area contributed by atoms with Crippen molar-refractivity contribution in [1.82, 2.24) is 4.72 Å². The fraction of sp³-hybridized carbons (Fsp3) is 0.294. The van der Waals surface area contributed by atoms with Crippen LogP contribution in [0.2, 0.25) is 0 Å². The van der Waals surface area contributed by atoms with Gasteiger partial charge in [0.1, 0.15) is 0 Å². The Labute approximate surface area is 146 Å². The monoisotopic (exact) mass is 361 g/mol. The summed E-state index contributed by atoms with van der Waals surface area (Å²) in [5.74, 6) is 0. The first-order valence-electron chi connectivity index (χ1n) is 8.05. The summed E-state index contributed by atoms with van der Waals surface area (Å²) in [5, 5.41) is 14.4. The average molecular weight is 361 g/mol. The van der Waals surface area contributed by atoms with Crippen molar-refractivity contribution in [2.24, 2.45) is 0 Å². The van der Waals surface area contributed by atoms with Crippen LogP contribution < -0.4 is 10.0 Å². The number of hydrogen-bond acceptors (Lipinski definition) is 5. The Morgan fingerprint density at radius 3 is 2.68 bits per heavy atom. The zero-order chi connectivity index (χ0) is 17.9. The summed E-state index contributed by atoms with van der Waals surface area (Å²) in [6, 6.07) is 13.6. The summed E-state index contributed by atoms with van der Waals surface area (Å²) in [5.41, 5.74) is 1.93. The van der Waals surface area contributed by atoms with Gasteiger partial charge in [0.05, 0.1) is 4.92 Å². The lowest BCUT2D eigenvalue weighted by molar-refractivity contribution is -0.387. The Hall–Kier alpha value is -2.45.